The van der Waals surface area contributed by atoms with Crippen LogP contribution in [0.2, 0.25) is 10.0 Å². The highest BCUT2D eigenvalue weighted by Crippen LogP contribution is 2.23. The average Bonchev–Trinajstić information content (AvgIpc) is 2.79. The van der Waals surface area contributed by atoms with Crippen molar-refractivity contribution < 1.29 is 9.31 Å². The molecule has 154 valence electrons. The first-order chi connectivity index (χ1) is 15.1. The van der Waals surface area contributed by atoms with Gasteiger partial charge < -0.3 is 19.9 Å². The van der Waals surface area contributed by atoms with Crippen LogP contribution in [0.15, 0.2) is 97.1 Å². The number of rotatable bonds is 8. The van der Waals surface area contributed by atoms with E-state index in [1.54, 1.807) is 0 Å². The van der Waals surface area contributed by atoms with Crippen molar-refractivity contribution in [2.45, 2.75) is 0 Å². The molecule has 0 aliphatic carbocycles. The van der Waals surface area contributed by atoms with Crippen LogP contribution < -0.4 is 19.9 Å². The van der Waals surface area contributed by atoms with Crippen molar-refractivity contribution in [3.8, 4) is 11.5 Å². The van der Waals surface area contributed by atoms with Gasteiger partial charge in [0.05, 0.1) is 0 Å². The van der Waals surface area contributed by atoms with E-state index in [2.05, 4.69) is 10.6 Å². The summed E-state index contributed by atoms with van der Waals surface area (Å²) in [5, 5.41) is 8.04. The quantitative estimate of drug-likeness (QED) is 0.279. The summed E-state index contributed by atoms with van der Waals surface area (Å²) in [7, 11) is 0.119. The maximum absolute atomic E-state index is 5.91. The second-order valence-electron chi connectivity index (χ2n) is 6.72. The van der Waals surface area contributed by atoms with Gasteiger partial charge in [0.25, 0.3) is 0 Å². The van der Waals surface area contributed by atoms with E-state index in [0.29, 0.717) is 10.0 Å². The van der Waals surface area contributed by atoms with Crippen molar-refractivity contribution in [1.29, 1.82) is 0 Å². The molecule has 0 aliphatic rings. The Morgan fingerprint density at radius 1 is 0.452 bits per heavy atom. The Morgan fingerprint density at radius 2 is 0.742 bits per heavy atom. The van der Waals surface area contributed by atoms with Crippen molar-refractivity contribution in [1.82, 2.24) is 0 Å². The van der Waals surface area contributed by atoms with Gasteiger partial charge >= 0.3 is 7.69 Å². The molecule has 0 saturated carbocycles. The van der Waals surface area contributed by atoms with Gasteiger partial charge in [-0.25, -0.2) is 0 Å². The predicted octanol–water partition coefficient (Wildman–Crippen LogP) is 7.20. The molecule has 0 saturated heterocycles. The highest BCUT2D eigenvalue weighted by Gasteiger charge is 2.02. The van der Waals surface area contributed by atoms with E-state index in [9.17, 15) is 0 Å². The average molecular weight is 449 g/mol. The molecule has 0 heterocycles. The van der Waals surface area contributed by atoms with Crippen molar-refractivity contribution in [2.75, 3.05) is 10.6 Å². The lowest BCUT2D eigenvalue weighted by molar-refractivity contribution is 0.459. The molecule has 0 unspecified atom stereocenters. The monoisotopic (exact) mass is 448 g/mol. The zero-order valence-electron chi connectivity index (χ0n) is 16.5. The van der Waals surface area contributed by atoms with Crippen LogP contribution in [0.5, 0.6) is 11.5 Å². The summed E-state index contributed by atoms with van der Waals surface area (Å²) in [5.41, 5.74) is 3.85. The highest BCUT2D eigenvalue weighted by atomic mass is 35.5. The molecule has 4 rings (SSSR count). The van der Waals surface area contributed by atoms with Crippen LogP contribution in [0.1, 0.15) is 0 Å². The largest absolute Gasteiger partial charge is 0.576 e. The normalized spacial score (nSPS) is 10.3. The van der Waals surface area contributed by atoms with Gasteiger partial charge in [-0.15, -0.1) is 0 Å². The van der Waals surface area contributed by atoms with Crippen LogP contribution in [-0.2, 0) is 0 Å². The van der Waals surface area contributed by atoms with E-state index in [1.807, 2.05) is 97.1 Å². The highest BCUT2D eigenvalue weighted by molar-refractivity contribution is 6.30. The van der Waals surface area contributed by atoms with Crippen LogP contribution in [0.4, 0.5) is 22.7 Å². The van der Waals surface area contributed by atoms with Crippen LogP contribution in [-0.4, -0.2) is 7.69 Å². The van der Waals surface area contributed by atoms with Crippen molar-refractivity contribution in [2.24, 2.45) is 0 Å². The summed E-state index contributed by atoms with van der Waals surface area (Å²) in [6.07, 6.45) is 0. The first-order valence-electron chi connectivity index (χ1n) is 9.65. The molecule has 0 bridgehead atoms. The topological polar surface area (TPSA) is 42.5 Å². The third-order valence-electron chi connectivity index (χ3n) is 4.43. The standard InChI is InChI=1S/C24H19BCl2N2O2/c26-17-1-5-19(6-2-17)28-21-9-13-23(14-10-21)30-25-31-24-15-11-22(12-16-24)29-20-7-3-18(27)4-8-20/h1-16,25,28-29H. The minimum absolute atomic E-state index is 0.119. The van der Waals surface area contributed by atoms with E-state index in [4.69, 9.17) is 32.5 Å². The van der Waals surface area contributed by atoms with Gasteiger partial charge in [0.2, 0.25) is 0 Å². The number of hydrogen-bond acceptors (Lipinski definition) is 4. The summed E-state index contributed by atoms with van der Waals surface area (Å²) < 4.78 is 11.3. The minimum atomic E-state index is 0.119. The third kappa shape index (κ3) is 6.35. The van der Waals surface area contributed by atoms with E-state index >= 15 is 0 Å². The van der Waals surface area contributed by atoms with Gasteiger partial charge in [0.15, 0.2) is 0 Å². The summed E-state index contributed by atoms with van der Waals surface area (Å²) in [6, 6.07) is 30.4. The Bertz CT molecular complexity index is 1010. The van der Waals surface area contributed by atoms with E-state index < -0.39 is 0 Å². The number of benzene rings is 4. The number of anilines is 4. The molecule has 0 aliphatic heterocycles. The summed E-state index contributed by atoms with van der Waals surface area (Å²) in [5.74, 6) is 1.45. The van der Waals surface area contributed by atoms with Gasteiger partial charge in [-0.2, -0.15) is 0 Å². The van der Waals surface area contributed by atoms with Gasteiger partial charge in [-0.3, -0.25) is 0 Å². The molecule has 0 radical (unpaired) electrons. The zero-order chi connectivity index (χ0) is 21.5. The van der Waals surface area contributed by atoms with Crippen molar-refractivity contribution in [3.63, 3.8) is 0 Å². The van der Waals surface area contributed by atoms with Gasteiger partial charge in [0, 0.05) is 32.8 Å². The fraction of sp³-hybridized carbons (Fsp3) is 0. The van der Waals surface area contributed by atoms with E-state index in [-0.39, 0.29) is 7.69 Å². The third-order valence-corrected chi connectivity index (χ3v) is 4.93. The number of hydrogen-bond donors (Lipinski definition) is 2. The summed E-state index contributed by atoms with van der Waals surface area (Å²) >= 11 is 11.8. The van der Waals surface area contributed by atoms with Crippen molar-refractivity contribution in [3.05, 3.63) is 107 Å². The Kier molecular flexibility index (Phi) is 6.87. The smallest absolute Gasteiger partial charge is 0.529 e. The lowest BCUT2D eigenvalue weighted by Crippen LogP contribution is -2.10. The minimum Gasteiger partial charge on any atom is -0.529 e. The Morgan fingerprint density at radius 3 is 1.06 bits per heavy atom. The Balaban J connectivity index is 1.24. The molecule has 7 heteroatoms. The molecule has 4 aromatic rings. The Labute approximate surface area is 192 Å². The maximum Gasteiger partial charge on any atom is 0.576 e. The van der Waals surface area contributed by atoms with Crippen LogP contribution in [0, 0.1) is 0 Å². The molecule has 2 N–H and O–H groups in total. The van der Waals surface area contributed by atoms with Crippen LogP contribution in [0.3, 0.4) is 0 Å². The Hall–Kier alpha value is -3.28. The molecule has 0 fully saturated rings. The maximum atomic E-state index is 5.91. The molecule has 4 aromatic carbocycles. The summed E-state index contributed by atoms with van der Waals surface area (Å²) in [4.78, 5) is 0. The molecule has 31 heavy (non-hydrogen) atoms. The van der Waals surface area contributed by atoms with E-state index in [0.717, 1.165) is 34.2 Å². The van der Waals surface area contributed by atoms with Crippen LogP contribution in [0.25, 0.3) is 0 Å². The first kappa shape index (κ1) is 21.0. The molecule has 0 spiro atoms. The fourth-order valence-corrected chi connectivity index (χ4v) is 3.09. The van der Waals surface area contributed by atoms with Crippen LogP contribution >= 0.6 is 23.2 Å². The fourth-order valence-electron chi connectivity index (χ4n) is 2.83. The number of nitrogens with one attached hydrogen (secondary N) is 2. The SMILES string of the molecule is Clc1ccc(Nc2ccc(OBOc3ccc(Nc4ccc(Cl)cc4)cc3)cc2)cc1. The molecule has 0 atom stereocenters. The molecule has 4 nitrogen and oxygen atoms in total. The molecule has 0 amide bonds. The lowest BCUT2D eigenvalue weighted by Gasteiger charge is -2.11. The van der Waals surface area contributed by atoms with Gasteiger partial charge in [-0.1, -0.05) is 23.2 Å². The van der Waals surface area contributed by atoms with Crippen molar-refractivity contribution >= 4 is 53.6 Å². The first-order valence-corrected chi connectivity index (χ1v) is 10.4. The molecule has 0 aromatic heterocycles. The number of halogens is 2. The molecular weight excluding hydrogens is 430 g/mol. The van der Waals surface area contributed by atoms with Gasteiger partial charge in [0.1, 0.15) is 11.5 Å². The van der Waals surface area contributed by atoms with E-state index in [1.165, 1.54) is 0 Å². The second-order valence-corrected chi connectivity index (χ2v) is 7.59. The zero-order valence-corrected chi connectivity index (χ0v) is 18.0. The summed E-state index contributed by atoms with van der Waals surface area (Å²) in [6.45, 7) is 0. The van der Waals surface area contributed by atoms with Gasteiger partial charge in [-0.05, 0) is 97.1 Å². The lowest BCUT2D eigenvalue weighted by atomic mass is 10.2. The molecular formula is C24H19BCl2N2O2. The predicted molar refractivity (Wildman–Crippen MR) is 131 cm³/mol. The second kappa shape index (κ2) is 10.2.